The lowest BCUT2D eigenvalue weighted by atomic mass is 10.1. The highest BCUT2D eigenvalue weighted by atomic mass is 16.5. The van der Waals surface area contributed by atoms with Crippen LogP contribution in [-0.4, -0.2) is 20.1 Å². The number of aliphatic hydroxyl groups is 1. The highest BCUT2D eigenvalue weighted by Crippen LogP contribution is 2.20. The van der Waals surface area contributed by atoms with E-state index in [4.69, 9.17) is 9.84 Å². The number of hydrogen-bond donors (Lipinski definition) is 1. The number of hydrogen-bond acceptors (Lipinski definition) is 4. The van der Waals surface area contributed by atoms with E-state index in [1.54, 1.807) is 11.7 Å². The van der Waals surface area contributed by atoms with E-state index >= 15 is 0 Å². The van der Waals surface area contributed by atoms with E-state index in [-0.39, 0.29) is 6.61 Å². The summed E-state index contributed by atoms with van der Waals surface area (Å²) in [6, 6.07) is 6.07. The molecule has 1 N–H and O–H groups in total. The van der Waals surface area contributed by atoms with Gasteiger partial charge in [-0.2, -0.15) is 0 Å². The van der Waals surface area contributed by atoms with Gasteiger partial charge in [-0.05, 0) is 31.0 Å². The zero-order chi connectivity index (χ0) is 13.1. The minimum Gasteiger partial charge on any atom is -0.487 e. The summed E-state index contributed by atoms with van der Waals surface area (Å²) in [6.45, 7) is 4.25. The predicted octanol–water partition coefficient (Wildman–Crippen LogP) is 1.50. The van der Waals surface area contributed by atoms with Crippen LogP contribution in [0.15, 0.2) is 18.2 Å². The Balaban J connectivity index is 2.16. The molecule has 0 unspecified atom stereocenters. The Hall–Kier alpha value is -1.88. The van der Waals surface area contributed by atoms with Crippen LogP contribution in [0, 0.1) is 13.8 Å². The third-order valence-electron chi connectivity index (χ3n) is 2.88. The van der Waals surface area contributed by atoms with Crippen LogP contribution >= 0.6 is 0 Å². The average molecular weight is 247 g/mol. The zero-order valence-corrected chi connectivity index (χ0v) is 10.8. The summed E-state index contributed by atoms with van der Waals surface area (Å²) in [5, 5.41) is 16.9. The second-order valence-electron chi connectivity index (χ2n) is 4.32. The molecule has 0 aliphatic heterocycles. The van der Waals surface area contributed by atoms with Crippen molar-refractivity contribution in [1.82, 2.24) is 15.0 Å². The molecule has 1 aromatic heterocycles. The zero-order valence-electron chi connectivity index (χ0n) is 10.8. The van der Waals surface area contributed by atoms with Gasteiger partial charge in [0.05, 0.1) is 6.61 Å². The van der Waals surface area contributed by atoms with Crippen LogP contribution in [0.3, 0.4) is 0 Å². The fraction of sp³-hybridized carbons (Fsp3) is 0.385. The largest absolute Gasteiger partial charge is 0.487 e. The Morgan fingerprint density at radius 2 is 2.11 bits per heavy atom. The summed E-state index contributed by atoms with van der Waals surface area (Å²) in [5.41, 5.74) is 3.59. The number of nitrogens with zero attached hydrogens (tertiary/aromatic N) is 3. The molecule has 1 aromatic carbocycles. The second kappa shape index (κ2) is 5.18. The molecule has 0 aliphatic carbocycles. The van der Waals surface area contributed by atoms with Gasteiger partial charge in [0.2, 0.25) is 0 Å². The Labute approximate surface area is 106 Å². The predicted molar refractivity (Wildman–Crippen MR) is 67.2 cm³/mol. The molecule has 0 bridgehead atoms. The summed E-state index contributed by atoms with van der Waals surface area (Å²) in [7, 11) is 1.79. The molecule has 5 nitrogen and oxygen atoms in total. The van der Waals surface area contributed by atoms with E-state index < -0.39 is 0 Å². The van der Waals surface area contributed by atoms with Crippen molar-refractivity contribution in [3.63, 3.8) is 0 Å². The van der Waals surface area contributed by atoms with Crippen molar-refractivity contribution in [2.45, 2.75) is 27.1 Å². The van der Waals surface area contributed by atoms with E-state index in [1.165, 1.54) is 0 Å². The van der Waals surface area contributed by atoms with Crippen LogP contribution in [0.2, 0.25) is 0 Å². The summed E-state index contributed by atoms with van der Waals surface area (Å²) in [4.78, 5) is 0. The number of aromatic nitrogens is 3. The van der Waals surface area contributed by atoms with Crippen molar-refractivity contribution in [3.8, 4) is 5.75 Å². The molecular weight excluding hydrogens is 230 g/mol. The number of ether oxygens (including phenoxy) is 1. The van der Waals surface area contributed by atoms with Crippen molar-refractivity contribution in [2.75, 3.05) is 0 Å². The average Bonchev–Trinajstić information content (AvgIpc) is 2.71. The standard InChI is InChI=1S/C13H17N3O2/c1-9-4-5-10(2)13(6-9)18-8-12-11(7-17)14-15-16(12)3/h4-6,17H,7-8H2,1-3H3. The number of benzene rings is 1. The number of aliphatic hydroxyl groups excluding tert-OH is 1. The van der Waals surface area contributed by atoms with Gasteiger partial charge in [0.15, 0.2) is 0 Å². The molecule has 2 aromatic rings. The SMILES string of the molecule is Cc1ccc(C)c(OCc2c(CO)nnn2C)c1. The summed E-state index contributed by atoms with van der Waals surface area (Å²) in [5.74, 6) is 0.847. The smallest absolute Gasteiger partial charge is 0.132 e. The molecule has 0 saturated heterocycles. The topological polar surface area (TPSA) is 60.2 Å². The molecule has 5 heteroatoms. The second-order valence-corrected chi connectivity index (χ2v) is 4.32. The molecule has 0 radical (unpaired) electrons. The minimum atomic E-state index is -0.126. The van der Waals surface area contributed by atoms with Gasteiger partial charge in [-0.1, -0.05) is 17.3 Å². The summed E-state index contributed by atoms with van der Waals surface area (Å²) in [6.07, 6.45) is 0. The number of aryl methyl sites for hydroxylation is 3. The molecule has 0 atom stereocenters. The lowest BCUT2D eigenvalue weighted by Crippen LogP contribution is -2.06. The van der Waals surface area contributed by atoms with Crippen LogP contribution in [0.4, 0.5) is 0 Å². The first kappa shape index (κ1) is 12.6. The first-order chi connectivity index (χ1) is 8.61. The fourth-order valence-electron chi connectivity index (χ4n) is 1.73. The quantitative estimate of drug-likeness (QED) is 0.889. The van der Waals surface area contributed by atoms with E-state index in [9.17, 15) is 0 Å². The Bertz CT molecular complexity index is 549. The molecule has 96 valence electrons. The highest BCUT2D eigenvalue weighted by molar-refractivity contribution is 5.36. The molecule has 0 amide bonds. The van der Waals surface area contributed by atoms with Gasteiger partial charge in [-0.3, -0.25) is 0 Å². The van der Waals surface area contributed by atoms with Crippen LogP contribution in [-0.2, 0) is 20.3 Å². The fourth-order valence-corrected chi connectivity index (χ4v) is 1.73. The Morgan fingerprint density at radius 1 is 1.33 bits per heavy atom. The van der Waals surface area contributed by atoms with Crippen molar-refractivity contribution in [2.24, 2.45) is 7.05 Å². The normalized spacial score (nSPS) is 10.7. The third-order valence-corrected chi connectivity index (χ3v) is 2.88. The minimum absolute atomic E-state index is 0.126. The summed E-state index contributed by atoms with van der Waals surface area (Å²) >= 11 is 0. The van der Waals surface area contributed by atoms with Crippen molar-refractivity contribution in [3.05, 3.63) is 40.7 Å². The van der Waals surface area contributed by atoms with Gasteiger partial charge in [0.1, 0.15) is 23.7 Å². The molecule has 18 heavy (non-hydrogen) atoms. The number of rotatable bonds is 4. The monoisotopic (exact) mass is 247 g/mol. The Kier molecular flexibility index (Phi) is 3.62. The molecular formula is C13H17N3O2. The van der Waals surface area contributed by atoms with E-state index in [0.29, 0.717) is 12.3 Å². The van der Waals surface area contributed by atoms with Crippen LogP contribution in [0.25, 0.3) is 0 Å². The molecule has 0 aliphatic rings. The van der Waals surface area contributed by atoms with Crippen LogP contribution < -0.4 is 4.74 Å². The molecule has 0 fully saturated rings. The molecule has 2 rings (SSSR count). The first-order valence-electron chi connectivity index (χ1n) is 5.80. The van der Waals surface area contributed by atoms with Crippen LogP contribution in [0.5, 0.6) is 5.75 Å². The highest BCUT2D eigenvalue weighted by Gasteiger charge is 2.11. The molecule has 1 heterocycles. The van der Waals surface area contributed by atoms with Gasteiger partial charge in [-0.25, -0.2) is 4.68 Å². The van der Waals surface area contributed by atoms with Crippen molar-refractivity contribution < 1.29 is 9.84 Å². The molecule has 0 saturated carbocycles. The van der Waals surface area contributed by atoms with Gasteiger partial charge >= 0.3 is 0 Å². The van der Waals surface area contributed by atoms with Gasteiger partial charge < -0.3 is 9.84 Å². The van der Waals surface area contributed by atoms with Crippen LogP contribution in [0.1, 0.15) is 22.5 Å². The lowest BCUT2D eigenvalue weighted by molar-refractivity contribution is 0.262. The Morgan fingerprint density at radius 3 is 2.83 bits per heavy atom. The van der Waals surface area contributed by atoms with Gasteiger partial charge in [0.25, 0.3) is 0 Å². The van der Waals surface area contributed by atoms with Crippen molar-refractivity contribution >= 4 is 0 Å². The van der Waals surface area contributed by atoms with E-state index in [2.05, 4.69) is 10.3 Å². The maximum Gasteiger partial charge on any atom is 0.132 e. The maximum atomic E-state index is 9.16. The summed E-state index contributed by atoms with van der Waals surface area (Å²) < 4.78 is 7.40. The first-order valence-corrected chi connectivity index (χ1v) is 5.80. The molecule has 0 spiro atoms. The van der Waals surface area contributed by atoms with E-state index in [0.717, 1.165) is 22.6 Å². The van der Waals surface area contributed by atoms with Crippen molar-refractivity contribution in [1.29, 1.82) is 0 Å². The maximum absolute atomic E-state index is 9.16. The van der Waals surface area contributed by atoms with E-state index in [1.807, 2.05) is 32.0 Å². The third kappa shape index (κ3) is 2.51. The van der Waals surface area contributed by atoms with Gasteiger partial charge in [-0.15, -0.1) is 5.10 Å². The van der Waals surface area contributed by atoms with Gasteiger partial charge in [0, 0.05) is 7.05 Å². The lowest BCUT2D eigenvalue weighted by Gasteiger charge is -2.10.